The quantitative estimate of drug-likeness (QED) is 0.605. The van der Waals surface area contributed by atoms with Crippen LogP contribution in [-0.4, -0.2) is 35.0 Å². The number of benzene rings is 1. The van der Waals surface area contributed by atoms with Gasteiger partial charge in [0.2, 0.25) is 11.9 Å². The van der Waals surface area contributed by atoms with Gasteiger partial charge in [0.25, 0.3) is 0 Å². The number of aromatic nitrogens is 2. The Labute approximate surface area is 179 Å². The van der Waals surface area contributed by atoms with Gasteiger partial charge in [-0.25, -0.2) is 9.97 Å². The van der Waals surface area contributed by atoms with Crippen LogP contribution in [0.2, 0.25) is 5.02 Å². The molecule has 1 amide bonds. The monoisotopic (exact) mass is 424 g/mol. The van der Waals surface area contributed by atoms with Crippen molar-refractivity contribution in [1.82, 2.24) is 15.3 Å². The second-order valence-electron chi connectivity index (χ2n) is 6.86. The van der Waals surface area contributed by atoms with Crippen molar-refractivity contribution in [2.24, 2.45) is 0 Å². The van der Waals surface area contributed by atoms with Gasteiger partial charge in [-0.05, 0) is 54.8 Å². The Morgan fingerprint density at radius 2 is 1.93 bits per heavy atom. The number of piperidine rings is 1. The van der Waals surface area contributed by atoms with Gasteiger partial charge in [0.1, 0.15) is 0 Å². The van der Waals surface area contributed by atoms with Crippen molar-refractivity contribution < 1.29 is 4.79 Å². The molecule has 1 aromatic carbocycles. The van der Waals surface area contributed by atoms with E-state index >= 15 is 0 Å². The molecule has 0 radical (unpaired) electrons. The molecule has 0 unspecified atom stereocenters. The van der Waals surface area contributed by atoms with Crippen molar-refractivity contribution in [2.45, 2.75) is 18.9 Å². The smallest absolute Gasteiger partial charge is 0.244 e. The molecule has 0 bridgehead atoms. The standard InChI is InChI=1S/C22H21ClN4OS/c23-17-4-1-3-16(15-17)20-7-5-19(29-20)6-8-21(28)26-18-9-13-27(14-10-18)22-24-11-2-12-25-22/h1-8,11-12,15,18H,9-10,13-14H2,(H,26,28)/b8-6+. The lowest BCUT2D eigenvalue weighted by atomic mass is 10.1. The third-order valence-electron chi connectivity index (χ3n) is 4.81. The van der Waals surface area contributed by atoms with Crippen LogP contribution in [0, 0.1) is 0 Å². The number of anilines is 1. The van der Waals surface area contributed by atoms with Crippen LogP contribution in [0.25, 0.3) is 16.5 Å². The van der Waals surface area contributed by atoms with Crippen molar-refractivity contribution in [2.75, 3.05) is 18.0 Å². The summed E-state index contributed by atoms with van der Waals surface area (Å²) in [6.07, 6.45) is 8.75. The molecule has 2 aromatic heterocycles. The normalized spacial score (nSPS) is 15.0. The minimum Gasteiger partial charge on any atom is -0.350 e. The number of amides is 1. The molecule has 1 saturated heterocycles. The fraction of sp³-hybridized carbons (Fsp3) is 0.227. The third-order valence-corrected chi connectivity index (χ3v) is 6.15. The number of hydrogen-bond donors (Lipinski definition) is 1. The molecule has 0 aliphatic carbocycles. The molecule has 1 N–H and O–H groups in total. The summed E-state index contributed by atoms with van der Waals surface area (Å²) in [5.41, 5.74) is 1.08. The predicted octanol–water partition coefficient (Wildman–Crippen LogP) is 4.66. The largest absolute Gasteiger partial charge is 0.350 e. The number of nitrogens with one attached hydrogen (secondary N) is 1. The van der Waals surface area contributed by atoms with E-state index in [0.29, 0.717) is 0 Å². The molecule has 0 saturated carbocycles. The third kappa shape index (κ3) is 5.22. The van der Waals surface area contributed by atoms with E-state index in [-0.39, 0.29) is 11.9 Å². The van der Waals surface area contributed by atoms with Crippen LogP contribution in [0.4, 0.5) is 5.95 Å². The van der Waals surface area contributed by atoms with Gasteiger partial charge in [0.05, 0.1) is 0 Å². The summed E-state index contributed by atoms with van der Waals surface area (Å²) in [4.78, 5) is 25.2. The van der Waals surface area contributed by atoms with Gasteiger partial charge in [-0.2, -0.15) is 0 Å². The van der Waals surface area contributed by atoms with Crippen LogP contribution in [0.3, 0.4) is 0 Å². The summed E-state index contributed by atoms with van der Waals surface area (Å²) in [6, 6.07) is 13.8. The van der Waals surface area contributed by atoms with Crippen LogP contribution >= 0.6 is 22.9 Å². The van der Waals surface area contributed by atoms with Gasteiger partial charge in [-0.1, -0.05) is 23.7 Å². The topological polar surface area (TPSA) is 58.1 Å². The number of rotatable bonds is 5. The Morgan fingerprint density at radius 3 is 2.69 bits per heavy atom. The molecule has 5 nitrogen and oxygen atoms in total. The highest BCUT2D eigenvalue weighted by atomic mass is 35.5. The van der Waals surface area contributed by atoms with E-state index in [0.717, 1.165) is 52.2 Å². The molecule has 3 heterocycles. The first-order chi connectivity index (χ1) is 14.2. The van der Waals surface area contributed by atoms with Crippen molar-refractivity contribution in [1.29, 1.82) is 0 Å². The number of thiophene rings is 1. The van der Waals surface area contributed by atoms with E-state index in [1.165, 1.54) is 0 Å². The number of carbonyl (C=O) groups excluding carboxylic acids is 1. The SMILES string of the molecule is O=C(/C=C/c1ccc(-c2cccc(Cl)c2)s1)NC1CCN(c2ncccn2)CC1. The minimum atomic E-state index is -0.0582. The summed E-state index contributed by atoms with van der Waals surface area (Å²) in [5.74, 6) is 0.697. The van der Waals surface area contributed by atoms with Crippen LogP contribution in [0.5, 0.6) is 0 Å². The number of nitrogens with zero attached hydrogens (tertiary/aromatic N) is 3. The maximum Gasteiger partial charge on any atom is 0.244 e. The van der Waals surface area contributed by atoms with Gasteiger partial charge >= 0.3 is 0 Å². The van der Waals surface area contributed by atoms with Gasteiger partial charge in [0, 0.05) is 52.4 Å². The summed E-state index contributed by atoms with van der Waals surface area (Å²) >= 11 is 7.70. The van der Waals surface area contributed by atoms with Crippen molar-refractivity contribution in [3.05, 3.63) is 70.8 Å². The fourth-order valence-electron chi connectivity index (χ4n) is 3.32. The number of halogens is 1. The Hall–Kier alpha value is -2.70. The first-order valence-electron chi connectivity index (χ1n) is 9.54. The summed E-state index contributed by atoms with van der Waals surface area (Å²) in [5, 5.41) is 3.82. The number of hydrogen-bond acceptors (Lipinski definition) is 5. The second kappa shape index (κ2) is 9.20. The molecule has 4 rings (SSSR count). The molecule has 7 heteroatoms. The lowest BCUT2D eigenvalue weighted by Gasteiger charge is -2.32. The first kappa shape index (κ1) is 19.6. The van der Waals surface area contributed by atoms with Gasteiger partial charge in [-0.3, -0.25) is 4.79 Å². The molecular formula is C22H21ClN4OS. The summed E-state index contributed by atoms with van der Waals surface area (Å²) in [6.45, 7) is 1.68. The van der Waals surface area contributed by atoms with Crippen LogP contribution in [0.1, 0.15) is 17.7 Å². The lowest BCUT2D eigenvalue weighted by molar-refractivity contribution is -0.117. The van der Waals surface area contributed by atoms with E-state index < -0.39 is 0 Å². The maximum atomic E-state index is 12.3. The zero-order valence-corrected chi connectivity index (χ0v) is 17.4. The summed E-state index contributed by atoms with van der Waals surface area (Å²) < 4.78 is 0. The molecule has 0 spiro atoms. The van der Waals surface area contributed by atoms with E-state index in [9.17, 15) is 4.79 Å². The minimum absolute atomic E-state index is 0.0582. The van der Waals surface area contributed by atoms with Gasteiger partial charge in [-0.15, -0.1) is 11.3 Å². The van der Waals surface area contributed by atoms with Crippen LogP contribution in [-0.2, 0) is 4.79 Å². The fourth-order valence-corrected chi connectivity index (χ4v) is 4.42. The van der Waals surface area contributed by atoms with E-state index in [1.54, 1.807) is 29.8 Å². The van der Waals surface area contributed by atoms with Gasteiger partial charge in [0.15, 0.2) is 0 Å². The summed E-state index contributed by atoms with van der Waals surface area (Å²) in [7, 11) is 0. The average Bonchev–Trinajstić information content (AvgIpc) is 3.23. The Bertz CT molecular complexity index is 997. The van der Waals surface area contributed by atoms with Gasteiger partial charge < -0.3 is 10.2 Å². The molecule has 29 heavy (non-hydrogen) atoms. The van der Waals surface area contributed by atoms with Crippen LogP contribution in [0.15, 0.2) is 60.9 Å². The molecule has 3 aromatic rings. The van der Waals surface area contributed by atoms with E-state index in [2.05, 4.69) is 26.3 Å². The zero-order chi connectivity index (χ0) is 20.1. The van der Waals surface area contributed by atoms with Crippen molar-refractivity contribution in [3.8, 4) is 10.4 Å². The molecule has 1 fully saturated rings. The molecule has 148 valence electrons. The van der Waals surface area contributed by atoms with Crippen molar-refractivity contribution >= 4 is 40.9 Å². The lowest BCUT2D eigenvalue weighted by Crippen LogP contribution is -2.44. The highest BCUT2D eigenvalue weighted by Gasteiger charge is 2.21. The maximum absolute atomic E-state index is 12.3. The highest BCUT2D eigenvalue weighted by molar-refractivity contribution is 7.16. The van der Waals surface area contributed by atoms with E-state index in [1.807, 2.05) is 42.5 Å². The number of carbonyl (C=O) groups is 1. The first-order valence-corrected chi connectivity index (χ1v) is 10.7. The van der Waals surface area contributed by atoms with E-state index in [4.69, 9.17) is 11.6 Å². The molecule has 1 aliphatic rings. The van der Waals surface area contributed by atoms with Crippen molar-refractivity contribution in [3.63, 3.8) is 0 Å². The van der Waals surface area contributed by atoms with Crippen LogP contribution < -0.4 is 10.2 Å². The second-order valence-corrected chi connectivity index (χ2v) is 8.42. The molecular weight excluding hydrogens is 404 g/mol. The molecule has 0 atom stereocenters. The Balaban J connectivity index is 1.29. The predicted molar refractivity (Wildman–Crippen MR) is 119 cm³/mol. The Kier molecular flexibility index (Phi) is 6.22. The Morgan fingerprint density at radius 1 is 1.14 bits per heavy atom. The zero-order valence-electron chi connectivity index (χ0n) is 15.8. The highest BCUT2D eigenvalue weighted by Crippen LogP contribution is 2.30. The molecule has 1 aliphatic heterocycles. The average molecular weight is 425 g/mol.